The van der Waals surface area contributed by atoms with Crippen LogP contribution >= 0.6 is 0 Å². The molecule has 0 aliphatic carbocycles. The molecule has 2 aliphatic heterocycles. The third-order valence-electron chi connectivity index (χ3n) is 6.40. The lowest BCUT2D eigenvalue weighted by atomic mass is 9.98. The lowest BCUT2D eigenvalue weighted by Gasteiger charge is -2.26. The number of carbonyl (C=O) groups is 2. The first-order valence-electron chi connectivity index (χ1n) is 12.9. The molecule has 0 spiro atoms. The fourth-order valence-electron chi connectivity index (χ4n) is 4.48. The number of likely N-dealkylation sites (tertiary alicyclic amines) is 1. The van der Waals surface area contributed by atoms with E-state index in [9.17, 15) is 19.8 Å². The van der Waals surface area contributed by atoms with E-state index in [0.717, 1.165) is 51.3 Å². The molecule has 8 nitrogen and oxygen atoms in total. The lowest BCUT2D eigenvalue weighted by molar-refractivity contribution is -0.137. The van der Waals surface area contributed by atoms with Gasteiger partial charge in [-0.2, -0.15) is 0 Å². The van der Waals surface area contributed by atoms with Crippen LogP contribution in [0.2, 0.25) is 0 Å². The zero-order valence-corrected chi connectivity index (χ0v) is 21.3. The number of fused-ring (bicyclic) bond motifs is 1. The fraction of sp³-hybridized carbons (Fsp3) is 0.536. The standard InChI is InChI=1S/C28H38N2O6/c1-3-9-24-13-8-11-20(2)10-7-12-22(29-35-19-26(33)30-14-5-4-6-15-30)16-21-17-23(31)18-25(32)27(21)28(34)36-24/h7-8,11-12,17-18,20,24,31-32H,3-6,9-10,13-16,19H2,1-2H3/b11-8+,12-7+,29-22+. The number of carbonyl (C=O) groups excluding carboxylic acids is 2. The van der Waals surface area contributed by atoms with E-state index in [-0.39, 0.29) is 48.0 Å². The summed E-state index contributed by atoms with van der Waals surface area (Å²) in [6, 6.07) is 2.54. The molecule has 2 unspecified atom stereocenters. The first-order chi connectivity index (χ1) is 17.4. The minimum Gasteiger partial charge on any atom is -0.508 e. The Kier molecular flexibility index (Phi) is 10.4. The van der Waals surface area contributed by atoms with Crippen molar-refractivity contribution in [2.24, 2.45) is 11.1 Å². The number of rotatable bonds is 5. The number of oxime groups is 1. The van der Waals surface area contributed by atoms with Gasteiger partial charge in [-0.3, -0.25) is 4.79 Å². The number of cyclic esters (lactones) is 1. The van der Waals surface area contributed by atoms with Crippen molar-refractivity contribution in [2.75, 3.05) is 19.7 Å². The summed E-state index contributed by atoms with van der Waals surface area (Å²) in [6.45, 7) is 5.42. The van der Waals surface area contributed by atoms with Crippen molar-refractivity contribution < 1.29 is 29.4 Å². The van der Waals surface area contributed by atoms with Crippen LogP contribution in [-0.4, -0.2) is 58.5 Å². The predicted molar refractivity (Wildman–Crippen MR) is 138 cm³/mol. The van der Waals surface area contributed by atoms with Crippen molar-refractivity contribution in [2.45, 2.75) is 71.3 Å². The lowest BCUT2D eigenvalue weighted by Crippen LogP contribution is -2.37. The van der Waals surface area contributed by atoms with Crippen molar-refractivity contribution in [1.29, 1.82) is 0 Å². The Balaban J connectivity index is 1.87. The maximum Gasteiger partial charge on any atom is 0.342 e. The van der Waals surface area contributed by atoms with Crippen molar-refractivity contribution in [3.05, 3.63) is 47.6 Å². The molecule has 3 rings (SSSR count). The summed E-state index contributed by atoms with van der Waals surface area (Å²) in [7, 11) is 0. The molecule has 1 fully saturated rings. The van der Waals surface area contributed by atoms with E-state index < -0.39 is 5.97 Å². The first kappa shape index (κ1) is 27.3. The first-order valence-corrected chi connectivity index (χ1v) is 12.9. The zero-order chi connectivity index (χ0) is 25.9. The van der Waals surface area contributed by atoms with Gasteiger partial charge in [0, 0.05) is 32.0 Å². The Labute approximate surface area is 213 Å². The summed E-state index contributed by atoms with van der Waals surface area (Å²) >= 11 is 0. The summed E-state index contributed by atoms with van der Waals surface area (Å²) in [5.41, 5.74) is 0.815. The molecule has 1 amide bonds. The average molecular weight is 499 g/mol. The van der Waals surface area contributed by atoms with E-state index in [0.29, 0.717) is 24.1 Å². The normalized spacial score (nSPS) is 24.3. The van der Waals surface area contributed by atoms with Gasteiger partial charge in [0.15, 0.2) is 6.61 Å². The Morgan fingerprint density at radius 2 is 1.94 bits per heavy atom. The minimum absolute atomic E-state index is 0.00574. The van der Waals surface area contributed by atoms with Crippen LogP contribution in [-0.2, 0) is 20.8 Å². The highest BCUT2D eigenvalue weighted by atomic mass is 16.6. The molecular formula is C28H38N2O6. The van der Waals surface area contributed by atoms with E-state index >= 15 is 0 Å². The largest absolute Gasteiger partial charge is 0.508 e. The predicted octanol–water partition coefficient (Wildman–Crippen LogP) is 4.89. The molecule has 0 bridgehead atoms. The number of phenols is 2. The van der Waals surface area contributed by atoms with Crippen LogP contribution in [0, 0.1) is 5.92 Å². The smallest absolute Gasteiger partial charge is 0.342 e. The van der Waals surface area contributed by atoms with E-state index in [1.165, 1.54) is 6.07 Å². The van der Waals surface area contributed by atoms with Crippen molar-refractivity contribution >= 4 is 17.6 Å². The minimum atomic E-state index is -0.649. The molecule has 196 valence electrons. The molecule has 0 aromatic heterocycles. The number of benzene rings is 1. The Hall–Kier alpha value is -3.29. The summed E-state index contributed by atoms with van der Waals surface area (Å²) in [6.07, 6.45) is 13.7. The van der Waals surface area contributed by atoms with Crippen LogP contribution in [0.25, 0.3) is 0 Å². The molecule has 1 aromatic rings. The Bertz CT molecular complexity index is 994. The molecule has 2 atom stereocenters. The van der Waals surface area contributed by atoms with E-state index in [2.05, 4.69) is 18.2 Å². The topological polar surface area (TPSA) is 109 Å². The highest BCUT2D eigenvalue weighted by Crippen LogP contribution is 2.30. The monoisotopic (exact) mass is 498 g/mol. The number of amides is 1. The number of piperidine rings is 1. The molecular weight excluding hydrogens is 460 g/mol. The van der Waals surface area contributed by atoms with Gasteiger partial charge in [-0.1, -0.05) is 43.7 Å². The van der Waals surface area contributed by atoms with E-state index in [4.69, 9.17) is 9.57 Å². The van der Waals surface area contributed by atoms with Gasteiger partial charge in [-0.15, -0.1) is 0 Å². The van der Waals surface area contributed by atoms with E-state index in [1.54, 1.807) is 11.0 Å². The fourth-order valence-corrected chi connectivity index (χ4v) is 4.48. The molecule has 1 saturated heterocycles. The second-order valence-corrected chi connectivity index (χ2v) is 9.57. The Morgan fingerprint density at radius 1 is 1.17 bits per heavy atom. The summed E-state index contributed by atoms with van der Waals surface area (Å²) in [5.74, 6) is -1.02. The van der Waals surface area contributed by atoms with Gasteiger partial charge >= 0.3 is 5.97 Å². The second-order valence-electron chi connectivity index (χ2n) is 9.57. The van der Waals surface area contributed by atoms with Crippen LogP contribution in [0.4, 0.5) is 0 Å². The van der Waals surface area contributed by atoms with Gasteiger partial charge in [0.05, 0.1) is 5.71 Å². The van der Waals surface area contributed by atoms with Gasteiger partial charge in [0.1, 0.15) is 23.2 Å². The Morgan fingerprint density at radius 3 is 2.69 bits per heavy atom. The van der Waals surface area contributed by atoms with Crippen molar-refractivity contribution in [1.82, 2.24) is 4.90 Å². The number of ether oxygens (including phenoxy) is 1. The highest BCUT2D eigenvalue weighted by molar-refractivity contribution is 6.00. The second kappa shape index (κ2) is 13.7. The van der Waals surface area contributed by atoms with Crippen LogP contribution in [0.15, 0.2) is 41.6 Å². The summed E-state index contributed by atoms with van der Waals surface area (Å²) in [5, 5.41) is 24.8. The molecule has 2 N–H and O–H groups in total. The summed E-state index contributed by atoms with van der Waals surface area (Å²) < 4.78 is 5.76. The molecule has 0 saturated carbocycles. The van der Waals surface area contributed by atoms with Gasteiger partial charge in [-0.25, -0.2) is 4.79 Å². The number of aromatic hydroxyl groups is 2. The quantitative estimate of drug-likeness (QED) is 0.340. The van der Waals surface area contributed by atoms with Gasteiger partial charge < -0.3 is 24.7 Å². The highest BCUT2D eigenvalue weighted by Gasteiger charge is 2.23. The number of nitrogens with zero attached hydrogens (tertiary/aromatic N) is 2. The number of esters is 1. The summed E-state index contributed by atoms with van der Waals surface area (Å²) in [4.78, 5) is 32.8. The third kappa shape index (κ3) is 8.14. The van der Waals surface area contributed by atoms with Crippen molar-refractivity contribution in [3.8, 4) is 11.5 Å². The van der Waals surface area contributed by atoms with Gasteiger partial charge in [0.2, 0.25) is 0 Å². The number of hydrogen-bond acceptors (Lipinski definition) is 7. The molecule has 2 heterocycles. The van der Waals surface area contributed by atoms with Crippen LogP contribution in [0.3, 0.4) is 0 Å². The maximum atomic E-state index is 13.1. The number of allylic oxidation sites excluding steroid dienone is 3. The molecule has 0 radical (unpaired) electrons. The molecule has 1 aromatic carbocycles. The van der Waals surface area contributed by atoms with E-state index in [1.807, 2.05) is 19.1 Å². The van der Waals surface area contributed by atoms with Crippen LogP contribution in [0.1, 0.15) is 74.7 Å². The van der Waals surface area contributed by atoms with Crippen molar-refractivity contribution in [3.63, 3.8) is 0 Å². The van der Waals surface area contributed by atoms with Crippen LogP contribution < -0.4 is 0 Å². The SMILES string of the molecule is CCCC1C/C=C/C(C)C/C=C/C(=N\OCC(=O)N2CCCCC2)Cc2cc(O)cc(O)c2C(=O)O1. The number of hydrogen-bond donors (Lipinski definition) is 2. The number of phenolic OH excluding ortho intramolecular Hbond substituents is 2. The maximum absolute atomic E-state index is 13.1. The molecule has 36 heavy (non-hydrogen) atoms. The van der Waals surface area contributed by atoms with Gasteiger partial charge in [-0.05, 0) is 55.7 Å². The third-order valence-corrected chi connectivity index (χ3v) is 6.40. The van der Waals surface area contributed by atoms with Gasteiger partial charge in [0.25, 0.3) is 5.91 Å². The average Bonchev–Trinajstić information content (AvgIpc) is 2.83. The molecule has 8 heteroatoms. The van der Waals surface area contributed by atoms with Crippen LogP contribution in [0.5, 0.6) is 11.5 Å². The molecule has 2 aliphatic rings. The zero-order valence-electron chi connectivity index (χ0n) is 21.3.